The van der Waals surface area contributed by atoms with Crippen molar-refractivity contribution in [3.63, 3.8) is 0 Å². The molecular weight excluding hydrogens is 248 g/mol. The number of rotatable bonds is 4. The summed E-state index contributed by atoms with van der Waals surface area (Å²) in [6.45, 7) is 0. The van der Waals surface area contributed by atoms with Crippen LogP contribution in [0.4, 0.5) is 8.78 Å². The Hall–Kier alpha value is -1.29. The van der Waals surface area contributed by atoms with E-state index in [2.05, 4.69) is 0 Å². The van der Waals surface area contributed by atoms with Gasteiger partial charge in [0.25, 0.3) is 0 Å². The van der Waals surface area contributed by atoms with Gasteiger partial charge in [-0.15, -0.1) is 0 Å². The summed E-state index contributed by atoms with van der Waals surface area (Å²) in [6.07, 6.45) is 3.95. The quantitative estimate of drug-likeness (QED) is 0.836. The minimum atomic E-state index is -0.893. The van der Waals surface area contributed by atoms with E-state index < -0.39 is 17.2 Å². The van der Waals surface area contributed by atoms with Crippen LogP contribution in [0.3, 0.4) is 0 Å². The fourth-order valence-electron chi connectivity index (χ4n) is 2.93. The van der Waals surface area contributed by atoms with Gasteiger partial charge < -0.3 is 0 Å². The lowest BCUT2D eigenvalue weighted by atomic mass is 9.87. The Morgan fingerprint density at radius 1 is 1.21 bits per heavy atom. The van der Waals surface area contributed by atoms with Gasteiger partial charge in [0.15, 0.2) is 17.4 Å². The third kappa shape index (κ3) is 2.68. The molecule has 1 fully saturated rings. The van der Waals surface area contributed by atoms with Crippen LogP contribution in [0.1, 0.15) is 31.2 Å². The topological polar surface area (TPSA) is 20.3 Å². The van der Waals surface area contributed by atoms with Gasteiger partial charge in [-0.2, -0.15) is 0 Å². The first-order valence-corrected chi connectivity index (χ1v) is 6.60. The van der Waals surface area contributed by atoms with Crippen LogP contribution >= 0.6 is 0 Å². The Balaban J connectivity index is 2.17. The number of likely N-dealkylation sites (N-methyl/N-ethyl adjacent to an activating group) is 1. The molecule has 1 saturated carbocycles. The first-order valence-electron chi connectivity index (χ1n) is 6.60. The Morgan fingerprint density at radius 3 is 2.37 bits per heavy atom. The van der Waals surface area contributed by atoms with Gasteiger partial charge in [0.1, 0.15) is 0 Å². The highest BCUT2D eigenvalue weighted by atomic mass is 19.2. The summed E-state index contributed by atoms with van der Waals surface area (Å²) in [6, 6.07) is 3.68. The zero-order valence-electron chi connectivity index (χ0n) is 11.4. The molecular formula is C15H19F2NO. The van der Waals surface area contributed by atoms with E-state index in [9.17, 15) is 13.6 Å². The number of nitrogens with zero attached hydrogens (tertiary/aromatic N) is 1. The summed E-state index contributed by atoms with van der Waals surface area (Å²) in [5.41, 5.74) is 0.113. The molecule has 0 amide bonds. The first-order chi connectivity index (χ1) is 8.95. The summed E-state index contributed by atoms with van der Waals surface area (Å²) in [4.78, 5) is 14.5. The molecule has 2 nitrogen and oxygen atoms in total. The van der Waals surface area contributed by atoms with Crippen molar-refractivity contribution in [3.05, 3.63) is 35.4 Å². The maximum Gasteiger partial charge on any atom is 0.159 e. The third-order valence-corrected chi connectivity index (χ3v) is 4.15. The average molecular weight is 267 g/mol. The highest BCUT2D eigenvalue weighted by molar-refractivity contribution is 5.90. The van der Waals surface area contributed by atoms with Gasteiger partial charge in [0.2, 0.25) is 0 Å². The summed E-state index contributed by atoms with van der Waals surface area (Å²) in [5.74, 6) is -1.67. The van der Waals surface area contributed by atoms with Crippen molar-refractivity contribution in [1.82, 2.24) is 4.90 Å². The molecule has 1 aromatic carbocycles. The number of carbonyl (C=O) groups excluding carboxylic acids is 1. The highest BCUT2D eigenvalue weighted by Gasteiger charge is 2.42. The minimum Gasteiger partial charge on any atom is -0.297 e. The van der Waals surface area contributed by atoms with E-state index >= 15 is 0 Å². The zero-order valence-corrected chi connectivity index (χ0v) is 11.4. The van der Waals surface area contributed by atoms with Gasteiger partial charge in [-0.05, 0) is 44.6 Å². The van der Waals surface area contributed by atoms with Crippen LogP contribution in [0.25, 0.3) is 0 Å². The molecule has 19 heavy (non-hydrogen) atoms. The van der Waals surface area contributed by atoms with Crippen molar-refractivity contribution in [3.8, 4) is 0 Å². The van der Waals surface area contributed by atoms with Gasteiger partial charge in [0.05, 0.1) is 5.54 Å². The van der Waals surface area contributed by atoms with Crippen molar-refractivity contribution in [2.24, 2.45) is 0 Å². The number of benzene rings is 1. The van der Waals surface area contributed by atoms with Crippen LogP contribution < -0.4 is 0 Å². The predicted molar refractivity (Wildman–Crippen MR) is 70.0 cm³/mol. The molecule has 0 unspecified atom stereocenters. The molecule has 1 aromatic rings. The lowest BCUT2D eigenvalue weighted by Crippen LogP contribution is -2.49. The summed E-state index contributed by atoms with van der Waals surface area (Å²) < 4.78 is 26.0. The highest BCUT2D eigenvalue weighted by Crippen LogP contribution is 2.35. The molecule has 0 N–H and O–H groups in total. The maximum atomic E-state index is 13.2. The Kier molecular flexibility index (Phi) is 3.99. The molecule has 2 rings (SSSR count). The van der Waals surface area contributed by atoms with Crippen molar-refractivity contribution in [2.75, 3.05) is 14.1 Å². The molecule has 0 radical (unpaired) electrons. The molecule has 0 atom stereocenters. The van der Waals surface area contributed by atoms with Crippen molar-refractivity contribution < 1.29 is 13.6 Å². The number of hydrogen-bond acceptors (Lipinski definition) is 2. The van der Waals surface area contributed by atoms with E-state index in [0.717, 1.165) is 37.8 Å². The van der Waals surface area contributed by atoms with Crippen LogP contribution in [-0.2, 0) is 11.2 Å². The van der Waals surface area contributed by atoms with Crippen LogP contribution in [0.2, 0.25) is 0 Å². The molecule has 4 heteroatoms. The Labute approximate surface area is 112 Å². The lowest BCUT2D eigenvalue weighted by Gasteiger charge is -2.34. The van der Waals surface area contributed by atoms with Crippen molar-refractivity contribution >= 4 is 5.78 Å². The van der Waals surface area contributed by atoms with Gasteiger partial charge in [-0.3, -0.25) is 9.69 Å². The number of carbonyl (C=O) groups is 1. The van der Waals surface area contributed by atoms with Crippen LogP contribution in [0.15, 0.2) is 18.2 Å². The standard InChI is InChI=1S/C15H19F2NO/c1-18(2)15(7-3-4-8-15)14(19)10-11-5-6-12(16)13(17)9-11/h5-6,9H,3-4,7-8,10H2,1-2H3. The predicted octanol–water partition coefficient (Wildman–Crippen LogP) is 2.95. The molecule has 0 heterocycles. The normalized spacial score (nSPS) is 17.9. The van der Waals surface area contributed by atoms with E-state index in [4.69, 9.17) is 0 Å². The SMILES string of the molecule is CN(C)C1(C(=O)Cc2ccc(F)c(F)c2)CCCC1. The van der Waals surface area contributed by atoms with Crippen LogP contribution in [-0.4, -0.2) is 30.3 Å². The van der Waals surface area contributed by atoms with Crippen molar-refractivity contribution in [2.45, 2.75) is 37.6 Å². The first kappa shape index (κ1) is 14.1. The molecule has 0 bridgehead atoms. The van der Waals surface area contributed by atoms with E-state index in [1.807, 2.05) is 19.0 Å². The van der Waals surface area contributed by atoms with Gasteiger partial charge in [-0.1, -0.05) is 18.9 Å². The Bertz CT molecular complexity index is 479. The molecule has 0 saturated heterocycles. The summed E-state index contributed by atoms with van der Waals surface area (Å²) in [5, 5.41) is 0. The number of ketones is 1. The number of Topliss-reactive ketones (excluding diaryl/α,β-unsaturated/α-hetero) is 1. The third-order valence-electron chi connectivity index (χ3n) is 4.15. The molecule has 0 spiro atoms. The van der Waals surface area contributed by atoms with Crippen molar-refractivity contribution in [1.29, 1.82) is 0 Å². The fourth-order valence-corrected chi connectivity index (χ4v) is 2.93. The molecule has 104 valence electrons. The monoisotopic (exact) mass is 267 g/mol. The fraction of sp³-hybridized carbons (Fsp3) is 0.533. The van der Waals surface area contributed by atoms with Gasteiger partial charge in [-0.25, -0.2) is 8.78 Å². The lowest BCUT2D eigenvalue weighted by molar-refractivity contribution is -0.128. The van der Waals surface area contributed by atoms with E-state index in [1.165, 1.54) is 6.07 Å². The smallest absolute Gasteiger partial charge is 0.159 e. The summed E-state index contributed by atoms with van der Waals surface area (Å²) in [7, 11) is 3.82. The van der Waals surface area contributed by atoms with Gasteiger partial charge in [0, 0.05) is 6.42 Å². The molecule has 1 aliphatic rings. The van der Waals surface area contributed by atoms with Gasteiger partial charge >= 0.3 is 0 Å². The molecule has 0 aliphatic heterocycles. The minimum absolute atomic E-state index is 0.0982. The average Bonchev–Trinajstić information content (AvgIpc) is 2.84. The number of halogens is 2. The van der Waals surface area contributed by atoms with Crippen LogP contribution in [0.5, 0.6) is 0 Å². The second kappa shape index (κ2) is 5.37. The summed E-state index contributed by atoms with van der Waals surface area (Å²) >= 11 is 0. The van der Waals surface area contributed by atoms with Crippen LogP contribution in [0, 0.1) is 11.6 Å². The second-order valence-electron chi connectivity index (χ2n) is 5.48. The van der Waals surface area contributed by atoms with E-state index in [-0.39, 0.29) is 12.2 Å². The zero-order chi connectivity index (χ0) is 14.0. The largest absolute Gasteiger partial charge is 0.297 e. The van der Waals surface area contributed by atoms with E-state index in [0.29, 0.717) is 5.56 Å². The molecule has 0 aromatic heterocycles. The second-order valence-corrected chi connectivity index (χ2v) is 5.48. The Morgan fingerprint density at radius 2 is 1.84 bits per heavy atom. The maximum absolute atomic E-state index is 13.2. The molecule has 1 aliphatic carbocycles. The number of hydrogen-bond donors (Lipinski definition) is 0. The van der Waals surface area contributed by atoms with E-state index in [1.54, 1.807) is 0 Å².